The summed E-state index contributed by atoms with van der Waals surface area (Å²) in [6, 6.07) is 9.68. The lowest BCUT2D eigenvalue weighted by atomic mass is 10.3. The maximum atomic E-state index is 5.55. The minimum absolute atomic E-state index is 0.303. The van der Waals surface area contributed by atoms with Crippen LogP contribution in [0.2, 0.25) is 0 Å². The topological polar surface area (TPSA) is 66.0 Å². The van der Waals surface area contributed by atoms with E-state index in [0.29, 0.717) is 19.0 Å². The Labute approximate surface area is 93.9 Å². The molecule has 2 N–H and O–H groups in total. The number of hydrogen-bond donors (Lipinski definition) is 1. The molecule has 0 unspecified atom stereocenters. The molecule has 0 radical (unpaired) electrons. The van der Waals surface area contributed by atoms with Gasteiger partial charge in [-0.05, 0) is 12.1 Å². The van der Waals surface area contributed by atoms with Gasteiger partial charge in [0, 0.05) is 13.5 Å². The second-order valence-electron chi connectivity index (χ2n) is 3.42. The Balaban J connectivity index is 1.87. The van der Waals surface area contributed by atoms with Crippen molar-refractivity contribution in [3.05, 3.63) is 36.2 Å². The van der Waals surface area contributed by atoms with Gasteiger partial charge in [0.25, 0.3) is 0 Å². The molecule has 0 bridgehead atoms. The molecular weight excluding hydrogens is 204 g/mol. The maximum absolute atomic E-state index is 5.55. The molecular formula is C11H14N4O. The number of nitrogen functional groups attached to an aromatic ring is 1. The number of nitrogens with zero attached hydrogens (tertiary/aromatic N) is 3. The molecule has 0 saturated carbocycles. The smallest absolute Gasteiger partial charge is 0.239 e. The molecule has 2 aromatic rings. The van der Waals surface area contributed by atoms with Crippen molar-refractivity contribution >= 4 is 5.95 Å². The Morgan fingerprint density at radius 1 is 1.31 bits per heavy atom. The van der Waals surface area contributed by atoms with Crippen molar-refractivity contribution in [3.8, 4) is 5.75 Å². The monoisotopic (exact) mass is 218 g/mol. The van der Waals surface area contributed by atoms with Crippen molar-refractivity contribution in [2.75, 3.05) is 12.3 Å². The number of aromatic nitrogens is 3. The van der Waals surface area contributed by atoms with E-state index in [0.717, 1.165) is 11.6 Å². The van der Waals surface area contributed by atoms with Crippen molar-refractivity contribution in [3.63, 3.8) is 0 Å². The maximum Gasteiger partial charge on any atom is 0.239 e. The van der Waals surface area contributed by atoms with Crippen LogP contribution in [0.5, 0.6) is 5.75 Å². The number of rotatable bonds is 4. The van der Waals surface area contributed by atoms with E-state index in [2.05, 4.69) is 10.1 Å². The first kappa shape index (κ1) is 10.5. The number of ether oxygens (including phenoxy) is 1. The predicted molar refractivity (Wildman–Crippen MR) is 61.1 cm³/mol. The third kappa shape index (κ3) is 2.50. The van der Waals surface area contributed by atoms with E-state index >= 15 is 0 Å². The molecule has 0 aliphatic rings. The summed E-state index contributed by atoms with van der Waals surface area (Å²) in [4.78, 5) is 4.09. The molecule has 0 aliphatic heterocycles. The molecule has 0 spiro atoms. The molecule has 2 rings (SSSR count). The van der Waals surface area contributed by atoms with E-state index in [1.807, 2.05) is 37.4 Å². The van der Waals surface area contributed by atoms with Gasteiger partial charge in [0.05, 0.1) is 6.61 Å². The molecule has 1 aromatic heterocycles. The average Bonchev–Trinajstić information content (AvgIpc) is 2.59. The first-order valence-corrected chi connectivity index (χ1v) is 5.09. The van der Waals surface area contributed by atoms with Crippen LogP contribution < -0.4 is 10.5 Å². The third-order valence-electron chi connectivity index (χ3n) is 2.21. The van der Waals surface area contributed by atoms with Crippen LogP contribution in [0.15, 0.2) is 30.3 Å². The SMILES string of the molecule is Cn1nc(N)nc1CCOc1ccccc1. The van der Waals surface area contributed by atoms with Gasteiger partial charge in [-0.3, -0.25) is 4.68 Å². The molecule has 0 fully saturated rings. The van der Waals surface area contributed by atoms with Crippen LogP contribution in [0.25, 0.3) is 0 Å². The fourth-order valence-electron chi connectivity index (χ4n) is 1.43. The van der Waals surface area contributed by atoms with Crippen LogP contribution in [-0.2, 0) is 13.5 Å². The molecule has 16 heavy (non-hydrogen) atoms. The van der Waals surface area contributed by atoms with Crippen molar-refractivity contribution in [2.45, 2.75) is 6.42 Å². The summed E-state index contributed by atoms with van der Waals surface area (Å²) in [6.07, 6.45) is 0.690. The van der Waals surface area contributed by atoms with Crippen LogP contribution in [0.1, 0.15) is 5.82 Å². The Bertz CT molecular complexity index is 452. The number of aryl methyl sites for hydroxylation is 1. The van der Waals surface area contributed by atoms with Crippen molar-refractivity contribution in [1.82, 2.24) is 14.8 Å². The second-order valence-corrected chi connectivity index (χ2v) is 3.42. The van der Waals surface area contributed by atoms with Gasteiger partial charge >= 0.3 is 0 Å². The zero-order valence-electron chi connectivity index (χ0n) is 9.13. The van der Waals surface area contributed by atoms with Gasteiger partial charge in [-0.2, -0.15) is 4.98 Å². The molecule has 84 valence electrons. The first-order chi connectivity index (χ1) is 7.75. The fraction of sp³-hybridized carbons (Fsp3) is 0.273. The average molecular weight is 218 g/mol. The highest BCUT2D eigenvalue weighted by atomic mass is 16.5. The van der Waals surface area contributed by atoms with Crippen LogP contribution >= 0.6 is 0 Å². The van der Waals surface area contributed by atoms with Gasteiger partial charge in [0.2, 0.25) is 5.95 Å². The molecule has 5 nitrogen and oxygen atoms in total. The Kier molecular flexibility index (Phi) is 3.05. The number of para-hydroxylation sites is 1. The lowest BCUT2D eigenvalue weighted by Crippen LogP contribution is -2.06. The van der Waals surface area contributed by atoms with E-state index in [1.54, 1.807) is 4.68 Å². The molecule has 0 aliphatic carbocycles. The fourth-order valence-corrected chi connectivity index (χ4v) is 1.43. The van der Waals surface area contributed by atoms with E-state index in [4.69, 9.17) is 10.5 Å². The van der Waals surface area contributed by atoms with Crippen molar-refractivity contribution in [2.24, 2.45) is 7.05 Å². The Morgan fingerprint density at radius 3 is 2.69 bits per heavy atom. The standard InChI is InChI=1S/C11H14N4O/c1-15-10(13-11(12)14-15)7-8-16-9-5-3-2-4-6-9/h2-6H,7-8H2,1H3,(H2,12,14). The van der Waals surface area contributed by atoms with Gasteiger partial charge < -0.3 is 10.5 Å². The molecule has 0 saturated heterocycles. The normalized spacial score (nSPS) is 10.3. The minimum Gasteiger partial charge on any atom is -0.493 e. The van der Waals surface area contributed by atoms with Crippen LogP contribution in [0, 0.1) is 0 Å². The summed E-state index contributed by atoms with van der Waals surface area (Å²) < 4.78 is 7.22. The molecule has 1 heterocycles. The van der Waals surface area contributed by atoms with Gasteiger partial charge in [-0.1, -0.05) is 18.2 Å². The van der Waals surface area contributed by atoms with E-state index in [-0.39, 0.29) is 0 Å². The Morgan fingerprint density at radius 2 is 2.06 bits per heavy atom. The predicted octanol–water partition coefficient (Wildman–Crippen LogP) is 1.02. The van der Waals surface area contributed by atoms with Crippen LogP contribution in [0.4, 0.5) is 5.95 Å². The van der Waals surface area contributed by atoms with E-state index in [9.17, 15) is 0 Å². The van der Waals surface area contributed by atoms with Gasteiger partial charge in [0.15, 0.2) is 0 Å². The van der Waals surface area contributed by atoms with Gasteiger partial charge in [-0.25, -0.2) is 0 Å². The van der Waals surface area contributed by atoms with Crippen molar-refractivity contribution in [1.29, 1.82) is 0 Å². The van der Waals surface area contributed by atoms with E-state index in [1.165, 1.54) is 0 Å². The highest BCUT2D eigenvalue weighted by Gasteiger charge is 2.04. The van der Waals surface area contributed by atoms with Crippen LogP contribution in [0.3, 0.4) is 0 Å². The van der Waals surface area contributed by atoms with Crippen LogP contribution in [-0.4, -0.2) is 21.4 Å². The molecule has 0 atom stereocenters. The number of anilines is 1. The molecule has 0 amide bonds. The van der Waals surface area contributed by atoms with E-state index < -0.39 is 0 Å². The minimum atomic E-state index is 0.303. The Hall–Kier alpha value is -2.04. The number of benzene rings is 1. The van der Waals surface area contributed by atoms with Crippen molar-refractivity contribution < 1.29 is 4.74 Å². The quantitative estimate of drug-likeness (QED) is 0.832. The first-order valence-electron chi connectivity index (χ1n) is 5.09. The molecule has 1 aromatic carbocycles. The second kappa shape index (κ2) is 4.65. The summed E-state index contributed by atoms with van der Waals surface area (Å²) in [5.74, 6) is 1.99. The summed E-state index contributed by atoms with van der Waals surface area (Å²) in [6.45, 7) is 0.565. The number of hydrogen-bond acceptors (Lipinski definition) is 4. The zero-order valence-corrected chi connectivity index (χ0v) is 9.13. The largest absolute Gasteiger partial charge is 0.493 e. The third-order valence-corrected chi connectivity index (χ3v) is 2.21. The molecule has 5 heteroatoms. The summed E-state index contributed by atoms with van der Waals surface area (Å²) in [7, 11) is 1.82. The summed E-state index contributed by atoms with van der Waals surface area (Å²) in [5.41, 5.74) is 5.48. The highest BCUT2D eigenvalue weighted by molar-refractivity contribution is 5.21. The highest BCUT2D eigenvalue weighted by Crippen LogP contribution is 2.08. The lowest BCUT2D eigenvalue weighted by molar-refractivity contribution is 0.317. The van der Waals surface area contributed by atoms with Gasteiger partial charge in [0.1, 0.15) is 11.6 Å². The summed E-state index contributed by atoms with van der Waals surface area (Å²) >= 11 is 0. The lowest BCUT2D eigenvalue weighted by Gasteiger charge is -2.04. The van der Waals surface area contributed by atoms with Gasteiger partial charge in [-0.15, -0.1) is 5.10 Å². The number of nitrogens with two attached hydrogens (primary N) is 1. The summed E-state index contributed by atoms with van der Waals surface area (Å²) in [5, 5.41) is 3.96. The zero-order chi connectivity index (χ0) is 11.4.